The Bertz CT molecular complexity index is 2690. The molecule has 7 heteroatoms. The van der Waals surface area contributed by atoms with Crippen molar-refractivity contribution < 1.29 is 5.11 Å². The van der Waals surface area contributed by atoms with Gasteiger partial charge in [0.2, 0.25) is 0 Å². The Morgan fingerprint density at radius 1 is 0.548 bits per heavy atom. The number of nitrogens with zero attached hydrogens (tertiary/aromatic N) is 3. The van der Waals surface area contributed by atoms with Crippen LogP contribution in [-0.2, 0) is 5.41 Å². The van der Waals surface area contributed by atoms with Crippen molar-refractivity contribution in [3.8, 4) is 16.9 Å². The van der Waals surface area contributed by atoms with Crippen LogP contribution in [0.25, 0.3) is 37.3 Å². The molecule has 0 unspecified atom stereocenters. The fourth-order valence-electron chi connectivity index (χ4n) is 8.88. The molecule has 8 aromatic rings. The number of rotatable bonds is 10. The Kier molecular flexibility index (Phi) is 14.5. The maximum Gasteiger partial charge on any atom is 2.00 e. The minimum atomic E-state index is -1.11. The smallest absolute Gasteiger partial charge is 0.872 e. The molecule has 0 amide bonds. The van der Waals surface area contributed by atoms with Crippen LogP contribution in [0.4, 0.5) is 11.4 Å². The van der Waals surface area contributed by atoms with Crippen LogP contribution in [0.5, 0.6) is 5.75 Å². The first-order valence-corrected chi connectivity index (χ1v) is 28.0. The first-order valence-electron chi connectivity index (χ1n) is 21.2. The molecule has 0 fully saturated rings. The molecule has 0 spiro atoms. The van der Waals surface area contributed by atoms with Gasteiger partial charge in [0.15, 0.2) is 0 Å². The summed E-state index contributed by atoms with van der Waals surface area (Å²) in [5, 5.41) is 19.7. The molecule has 0 radical (unpaired) electrons. The standard InChI is InChI=1S/C49H40N2O.C6H18NSi2.Mg/c1-34-31-37(48(52)43(32-34)49(38-19-7-4-8-20-38,39-21-9-5-10-22-39)40-23-11-6-12-24-40)33-50-44-29-27-35-17-13-15-25-41(35)46(44)47-42-26-16-14-18-36(42)28-30-45(47)51(2)3;1-8(2,3)7-9(4,5)6;/h4-33,52H,1-3H3;1-6H3;/q;-1;+2/p-1. The first kappa shape index (κ1) is 46.2. The maximum atomic E-state index is 15.1. The molecule has 62 heavy (non-hydrogen) atoms. The van der Waals surface area contributed by atoms with E-state index in [4.69, 9.17) is 9.64 Å². The number of benzene rings is 8. The van der Waals surface area contributed by atoms with E-state index < -0.39 is 21.9 Å². The number of anilines is 1. The summed E-state index contributed by atoms with van der Waals surface area (Å²) in [6.45, 7) is 15.8. The zero-order valence-electron chi connectivity index (χ0n) is 37.8. The van der Waals surface area contributed by atoms with Gasteiger partial charge in [-0.05, 0) is 68.4 Å². The Morgan fingerprint density at radius 3 is 1.44 bits per heavy atom. The number of aryl methyl sites for hydroxylation is 1. The Morgan fingerprint density at radius 2 is 0.984 bits per heavy atom. The van der Waals surface area contributed by atoms with E-state index in [2.05, 4.69) is 217 Å². The van der Waals surface area contributed by atoms with Crippen molar-refractivity contribution in [1.29, 1.82) is 0 Å². The molecule has 0 bridgehead atoms. The van der Waals surface area contributed by atoms with Gasteiger partial charge in [-0.25, -0.2) is 0 Å². The second kappa shape index (κ2) is 19.4. The van der Waals surface area contributed by atoms with Crippen molar-refractivity contribution >= 4 is 78.7 Å². The minimum Gasteiger partial charge on any atom is -0.872 e. The van der Waals surface area contributed by atoms with Crippen molar-refractivity contribution in [2.75, 3.05) is 19.0 Å². The zero-order chi connectivity index (χ0) is 43.4. The molecule has 8 rings (SSSR count). The van der Waals surface area contributed by atoms with Gasteiger partial charge in [0, 0.05) is 37.1 Å². The van der Waals surface area contributed by atoms with Crippen LogP contribution >= 0.6 is 0 Å². The van der Waals surface area contributed by atoms with Gasteiger partial charge in [-0.2, -0.15) is 0 Å². The summed E-state index contributed by atoms with van der Waals surface area (Å²) in [6, 6.07) is 60.7. The van der Waals surface area contributed by atoms with Crippen molar-refractivity contribution in [3.05, 3.63) is 214 Å². The second-order valence-corrected chi connectivity index (χ2v) is 27.6. The summed E-state index contributed by atoms with van der Waals surface area (Å²) in [4.78, 5) is 7.37. The maximum absolute atomic E-state index is 15.1. The minimum absolute atomic E-state index is 0. The predicted molar refractivity (Wildman–Crippen MR) is 273 cm³/mol. The zero-order valence-corrected chi connectivity index (χ0v) is 41.2. The molecule has 0 aliphatic carbocycles. The Labute approximate surface area is 387 Å². The Hall–Kier alpha value is -5.29. The van der Waals surface area contributed by atoms with E-state index in [-0.39, 0.29) is 28.8 Å². The Balaban J connectivity index is 0.000000579. The van der Waals surface area contributed by atoms with Gasteiger partial charge in [-0.3, -0.25) is 4.99 Å². The molecule has 0 heterocycles. The molecule has 8 aromatic carbocycles. The number of fused-ring (bicyclic) bond motifs is 2. The molecule has 308 valence electrons. The van der Waals surface area contributed by atoms with E-state index in [9.17, 15) is 0 Å². The fraction of sp³-hybridized carbons (Fsp3) is 0.182. The average Bonchev–Trinajstić information content (AvgIpc) is 3.24. The first-order chi connectivity index (χ1) is 29.2. The third-order valence-corrected chi connectivity index (χ3v) is 16.2. The number of aliphatic imine (C=N–C) groups is 1. The summed E-state index contributed by atoms with van der Waals surface area (Å²) in [5.74, 6) is -0.0487. The van der Waals surface area contributed by atoms with Gasteiger partial charge < -0.3 is 14.7 Å². The summed E-state index contributed by atoms with van der Waals surface area (Å²) in [6.07, 6.45) is 1.78. The van der Waals surface area contributed by atoms with Gasteiger partial charge in [0.25, 0.3) is 0 Å². The van der Waals surface area contributed by atoms with E-state index in [1.807, 2.05) is 24.3 Å². The van der Waals surface area contributed by atoms with E-state index in [1.165, 1.54) is 0 Å². The van der Waals surface area contributed by atoms with Crippen molar-refractivity contribution in [2.45, 2.75) is 51.6 Å². The largest absolute Gasteiger partial charge is 2.00 e. The number of hydrogen-bond acceptors (Lipinski definition) is 3. The van der Waals surface area contributed by atoms with Crippen LogP contribution in [0.2, 0.25) is 39.3 Å². The normalized spacial score (nSPS) is 11.9. The summed E-state index contributed by atoms with van der Waals surface area (Å²) in [7, 11) is 1.95. The van der Waals surface area contributed by atoms with Gasteiger partial charge in [0.05, 0.1) is 11.1 Å². The summed E-state index contributed by atoms with van der Waals surface area (Å²) < 4.78 is 4.82. The van der Waals surface area contributed by atoms with Gasteiger partial charge >= 0.3 is 23.1 Å². The fourth-order valence-corrected chi connectivity index (χ4v) is 16.9. The van der Waals surface area contributed by atoms with Crippen molar-refractivity contribution in [1.82, 2.24) is 0 Å². The average molecular weight is 857 g/mol. The molecule has 0 aliphatic rings. The van der Waals surface area contributed by atoms with Crippen molar-refractivity contribution in [3.63, 3.8) is 0 Å². The van der Waals surface area contributed by atoms with Crippen LogP contribution in [0.15, 0.2) is 181 Å². The van der Waals surface area contributed by atoms with Gasteiger partial charge in [0.1, 0.15) is 0 Å². The molecular weight excluding hydrogens is 799 g/mol. The third-order valence-electron chi connectivity index (χ3n) is 10.8. The van der Waals surface area contributed by atoms with Crippen LogP contribution < -0.4 is 10.0 Å². The van der Waals surface area contributed by atoms with Gasteiger partial charge in [-0.1, -0.05) is 231 Å². The molecule has 0 saturated heterocycles. The molecular formula is C55H57MgN3OSi2. The molecule has 0 saturated carbocycles. The van der Waals surface area contributed by atoms with Gasteiger partial charge in [-0.15, -0.1) is 0 Å². The van der Waals surface area contributed by atoms with E-state index >= 15 is 5.11 Å². The molecule has 0 N–H and O–H groups in total. The molecule has 0 aliphatic heterocycles. The molecule has 0 atom stereocenters. The number of hydrogen-bond donors (Lipinski definition) is 0. The quantitative estimate of drug-likeness (QED) is 0.0782. The monoisotopic (exact) mass is 855 g/mol. The second-order valence-electron chi connectivity index (χ2n) is 18.0. The third kappa shape index (κ3) is 9.99. The molecule has 0 aromatic heterocycles. The topological polar surface area (TPSA) is 52.8 Å². The van der Waals surface area contributed by atoms with Crippen LogP contribution in [0.3, 0.4) is 0 Å². The SMILES string of the molecule is C[Si](C)(C)[N-][Si](C)(C)C.Cc1cc(C=Nc2ccc3ccccc3c2-c2c(N(C)C)ccc3ccccc23)c([O-])c(C(c2ccccc2)(c2ccccc2)c2ccccc2)c1.[Mg+2]. The van der Waals surface area contributed by atoms with Crippen molar-refractivity contribution in [2.24, 2.45) is 4.99 Å². The predicted octanol–water partition coefficient (Wildman–Crippen LogP) is 13.9. The molecule has 4 nitrogen and oxygen atoms in total. The summed E-state index contributed by atoms with van der Waals surface area (Å²) >= 11 is 0. The summed E-state index contributed by atoms with van der Waals surface area (Å²) in [5.41, 5.74) is 8.54. The van der Waals surface area contributed by atoms with E-state index in [0.717, 1.165) is 66.3 Å². The van der Waals surface area contributed by atoms with E-state index in [1.54, 1.807) is 6.21 Å². The van der Waals surface area contributed by atoms with Crippen LogP contribution in [0, 0.1) is 6.92 Å². The van der Waals surface area contributed by atoms with E-state index in [0.29, 0.717) is 11.1 Å². The van der Waals surface area contributed by atoms with Crippen LogP contribution in [-0.4, -0.2) is 59.8 Å². The van der Waals surface area contributed by atoms with Crippen LogP contribution in [0.1, 0.15) is 33.4 Å².